The Morgan fingerprint density at radius 2 is 2.25 bits per heavy atom. The first-order valence-electron chi connectivity index (χ1n) is 5.01. The second-order valence-corrected chi connectivity index (χ2v) is 4.53. The summed E-state index contributed by atoms with van der Waals surface area (Å²) in [5, 5.41) is 17.2. The zero-order chi connectivity index (χ0) is 11.3. The van der Waals surface area contributed by atoms with Gasteiger partial charge in [-0.05, 0) is 30.5 Å². The molecule has 1 aromatic heterocycles. The van der Waals surface area contributed by atoms with Crippen LogP contribution in [0.25, 0.3) is 10.9 Å². The SMILES string of the molecule is O=C(O)C1(c2ccc3c(Cl)[nH]nc3c2)CC1. The van der Waals surface area contributed by atoms with Gasteiger partial charge in [-0.3, -0.25) is 9.89 Å². The standard InChI is InChI=1S/C11H9ClN2O2/c12-9-7-2-1-6(5-8(7)13-14-9)11(3-4-11)10(15)16/h1-2,5H,3-4H2,(H,13,14)(H,15,16). The minimum atomic E-state index is -0.756. The highest BCUT2D eigenvalue weighted by Crippen LogP contribution is 2.48. The highest BCUT2D eigenvalue weighted by molar-refractivity contribution is 6.34. The largest absolute Gasteiger partial charge is 0.481 e. The molecule has 1 saturated carbocycles. The normalized spacial score (nSPS) is 17.6. The molecule has 16 heavy (non-hydrogen) atoms. The van der Waals surface area contributed by atoms with E-state index in [4.69, 9.17) is 11.6 Å². The Morgan fingerprint density at radius 3 is 2.88 bits per heavy atom. The van der Waals surface area contributed by atoms with Gasteiger partial charge in [-0.1, -0.05) is 17.7 Å². The summed E-state index contributed by atoms with van der Waals surface area (Å²) < 4.78 is 0. The highest BCUT2D eigenvalue weighted by Gasteiger charge is 2.51. The van der Waals surface area contributed by atoms with Crippen molar-refractivity contribution in [2.45, 2.75) is 18.3 Å². The molecule has 0 bridgehead atoms. The summed E-state index contributed by atoms with van der Waals surface area (Å²) in [6.45, 7) is 0. The van der Waals surface area contributed by atoms with Crippen LogP contribution in [-0.4, -0.2) is 21.3 Å². The van der Waals surface area contributed by atoms with Crippen molar-refractivity contribution in [3.63, 3.8) is 0 Å². The zero-order valence-corrected chi connectivity index (χ0v) is 9.08. The van der Waals surface area contributed by atoms with Gasteiger partial charge in [-0.15, -0.1) is 0 Å². The van der Waals surface area contributed by atoms with Crippen molar-refractivity contribution >= 4 is 28.5 Å². The number of aromatic nitrogens is 2. The molecule has 0 saturated heterocycles. The summed E-state index contributed by atoms with van der Waals surface area (Å²) in [6, 6.07) is 5.45. The molecule has 0 atom stereocenters. The maximum Gasteiger partial charge on any atom is 0.314 e. The fraction of sp³-hybridized carbons (Fsp3) is 0.273. The number of rotatable bonds is 2. The van der Waals surface area contributed by atoms with E-state index >= 15 is 0 Å². The van der Waals surface area contributed by atoms with Gasteiger partial charge in [0.2, 0.25) is 0 Å². The summed E-state index contributed by atoms with van der Waals surface area (Å²) in [7, 11) is 0. The van der Waals surface area contributed by atoms with Crippen LogP contribution < -0.4 is 0 Å². The van der Waals surface area contributed by atoms with E-state index in [1.807, 2.05) is 12.1 Å². The lowest BCUT2D eigenvalue weighted by Crippen LogP contribution is -2.19. The average Bonchev–Trinajstić information content (AvgIpc) is 3.00. The Bertz CT molecular complexity index is 587. The molecule has 1 aliphatic carbocycles. The number of fused-ring (bicyclic) bond motifs is 1. The van der Waals surface area contributed by atoms with Crippen molar-refractivity contribution in [1.82, 2.24) is 10.2 Å². The number of carboxylic acid groups (broad SMARTS) is 1. The lowest BCUT2D eigenvalue weighted by molar-refractivity contribution is -0.140. The molecule has 2 N–H and O–H groups in total. The van der Waals surface area contributed by atoms with Gasteiger partial charge in [0.25, 0.3) is 0 Å². The van der Waals surface area contributed by atoms with Crippen LogP contribution >= 0.6 is 11.6 Å². The number of hydrogen-bond donors (Lipinski definition) is 2. The van der Waals surface area contributed by atoms with Gasteiger partial charge < -0.3 is 5.11 Å². The Labute approximate surface area is 96.2 Å². The molecule has 2 aromatic rings. The number of aliphatic carboxylic acids is 1. The quantitative estimate of drug-likeness (QED) is 0.841. The van der Waals surface area contributed by atoms with E-state index in [-0.39, 0.29) is 0 Å². The first kappa shape index (κ1) is 9.66. The lowest BCUT2D eigenvalue weighted by Gasteiger charge is -2.09. The third kappa shape index (κ3) is 1.16. The minimum Gasteiger partial charge on any atom is -0.481 e. The molecule has 3 rings (SSSR count). The molecular formula is C11H9ClN2O2. The van der Waals surface area contributed by atoms with Gasteiger partial charge >= 0.3 is 5.97 Å². The Kier molecular flexibility index (Phi) is 1.80. The molecule has 82 valence electrons. The molecular weight excluding hydrogens is 228 g/mol. The van der Waals surface area contributed by atoms with Gasteiger partial charge in [-0.25, -0.2) is 0 Å². The fourth-order valence-electron chi connectivity index (χ4n) is 2.03. The number of benzene rings is 1. The molecule has 1 aromatic carbocycles. The van der Waals surface area contributed by atoms with E-state index in [0.717, 1.165) is 16.5 Å². The maximum absolute atomic E-state index is 11.2. The Morgan fingerprint density at radius 1 is 1.50 bits per heavy atom. The van der Waals surface area contributed by atoms with Crippen LogP contribution in [0.5, 0.6) is 0 Å². The van der Waals surface area contributed by atoms with E-state index in [0.29, 0.717) is 18.0 Å². The second-order valence-electron chi connectivity index (χ2n) is 4.16. The summed E-state index contributed by atoms with van der Waals surface area (Å²) in [5.74, 6) is -0.756. The molecule has 0 aliphatic heterocycles. The number of carboxylic acids is 1. The number of carbonyl (C=O) groups is 1. The van der Waals surface area contributed by atoms with Crippen LogP contribution in [-0.2, 0) is 10.2 Å². The highest BCUT2D eigenvalue weighted by atomic mass is 35.5. The molecule has 0 radical (unpaired) electrons. The first-order chi connectivity index (χ1) is 7.63. The Hall–Kier alpha value is -1.55. The van der Waals surface area contributed by atoms with Gasteiger partial charge in [0.15, 0.2) is 0 Å². The van der Waals surface area contributed by atoms with Crippen LogP contribution in [0.2, 0.25) is 5.15 Å². The van der Waals surface area contributed by atoms with Gasteiger partial charge in [-0.2, -0.15) is 5.10 Å². The topological polar surface area (TPSA) is 66.0 Å². The molecule has 0 amide bonds. The number of hydrogen-bond acceptors (Lipinski definition) is 2. The van der Waals surface area contributed by atoms with E-state index in [9.17, 15) is 9.90 Å². The third-order valence-corrected chi connectivity index (χ3v) is 3.51. The average molecular weight is 237 g/mol. The summed E-state index contributed by atoms with van der Waals surface area (Å²) in [6.07, 6.45) is 1.40. The maximum atomic E-state index is 11.2. The molecule has 1 fully saturated rings. The summed E-state index contributed by atoms with van der Waals surface area (Å²) in [4.78, 5) is 11.2. The van der Waals surface area contributed by atoms with Crippen molar-refractivity contribution < 1.29 is 9.90 Å². The van der Waals surface area contributed by atoms with Crippen molar-refractivity contribution in [1.29, 1.82) is 0 Å². The van der Waals surface area contributed by atoms with Gasteiger partial charge in [0, 0.05) is 5.39 Å². The molecule has 4 nitrogen and oxygen atoms in total. The number of halogens is 1. The van der Waals surface area contributed by atoms with E-state index < -0.39 is 11.4 Å². The lowest BCUT2D eigenvalue weighted by atomic mass is 9.95. The molecule has 0 spiro atoms. The monoisotopic (exact) mass is 236 g/mol. The number of nitrogens with zero attached hydrogens (tertiary/aromatic N) is 1. The summed E-state index contributed by atoms with van der Waals surface area (Å²) >= 11 is 5.88. The molecule has 0 unspecified atom stereocenters. The van der Waals surface area contributed by atoms with E-state index in [2.05, 4.69) is 10.2 Å². The van der Waals surface area contributed by atoms with Gasteiger partial charge in [0.05, 0.1) is 10.9 Å². The number of aromatic amines is 1. The van der Waals surface area contributed by atoms with E-state index in [1.165, 1.54) is 0 Å². The zero-order valence-electron chi connectivity index (χ0n) is 8.33. The fourth-order valence-corrected chi connectivity index (χ4v) is 2.23. The van der Waals surface area contributed by atoms with Crippen molar-refractivity contribution in [3.05, 3.63) is 28.9 Å². The predicted octanol–water partition coefficient (Wildman–Crippen LogP) is 2.33. The van der Waals surface area contributed by atoms with Crippen molar-refractivity contribution in [2.75, 3.05) is 0 Å². The van der Waals surface area contributed by atoms with Crippen LogP contribution in [0, 0.1) is 0 Å². The van der Waals surface area contributed by atoms with Crippen molar-refractivity contribution in [3.8, 4) is 0 Å². The molecule has 1 aliphatic rings. The molecule has 1 heterocycles. The minimum absolute atomic E-state index is 0.488. The van der Waals surface area contributed by atoms with Crippen molar-refractivity contribution in [2.24, 2.45) is 0 Å². The predicted molar refractivity (Wildman–Crippen MR) is 59.7 cm³/mol. The number of nitrogens with one attached hydrogen (secondary N) is 1. The number of H-pyrrole nitrogens is 1. The van der Waals surface area contributed by atoms with Crippen LogP contribution in [0.4, 0.5) is 0 Å². The second kappa shape index (κ2) is 2.98. The van der Waals surface area contributed by atoms with Gasteiger partial charge in [0.1, 0.15) is 5.15 Å². The van der Waals surface area contributed by atoms with Crippen LogP contribution in [0.15, 0.2) is 18.2 Å². The van der Waals surface area contributed by atoms with E-state index in [1.54, 1.807) is 6.07 Å². The van der Waals surface area contributed by atoms with Crippen LogP contribution in [0.3, 0.4) is 0 Å². The summed E-state index contributed by atoms with van der Waals surface area (Å²) in [5.41, 5.74) is 0.852. The first-order valence-corrected chi connectivity index (χ1v) is 5.39. The third-order valence-electron chi connectivity index (χ3n) is 3.22. The van der Waals surface area contributed by atoms with Crippen LogP contribution in [0.1, 0.15) is 18.4 Å². The smallest absolute Gasteiger partial charge is 0.314 e. The molecule has 5 heteroatoms. The Balaban J connectivity index is 2.16.